The highest BCUT2D eigenvalue weighted by Crippen LogP contribution is 2.30. The fourth-order valence-corrected chi connectivity index (χ4v) is 4.60. The highest BCUT2D eigenvalue weighted by molar-refractivity contribution is 7.91. The Kier molecular flexibility index (Phi) is 3.00. The van der Waals surface area contributed by atoms with Crippen molar-refractivity contribution in [3.05, 3.63) is 10.7 Å². The number of halogens is 1. The molecule has 2 rings (SSSR count). The Labute approximate surface area is 103 Å². The Balaban J connectivity index is 2.28. The van der Waals surface area contributed by atoms with Crippen molar-refractivity contribution in [2.45, 2.75) is 23.2 Å². The van der Waals surface area contributed by atoms with E-state index in [-0.39, 0.29) is 15.2 Å². The van der Waals surface area contributed by atoms with Crippen LogP contribution in [0, 0.1) is 0 Å². The molecule has 0 saturated carbocycles. The largest absolute Gasteiger partial charge is 0.389 e. The van der Waals surface area contributed by atoms with Crippen molar-refractivity contribution in [1.29, 1.82) is 0 Å². The summed E-state index contributed by atoms with van der Waals surface area (Å²) < 4.78 is 25.7. The molecule has 2 heterocycles. The summed E-state index contributed by atoms with van der Waals surface area (Å²) in [6.07, 6.45) is 1.69. The summed E-state index contributed by atoms with van der Waals surface area (Å²) >= 11 is 6.53. The van der Waals surface area contributed by atoms with Crippen molar-refractivity contribution < 1.29 is 13.5 Å². The zero-order valence-corrected chi connectivity index (χ0v) is 10.9. The van der Waals surface area contributed by atoms with E-state index < -0.39 is 15.6 Å². The minimum absolute atomic E-state index is 0.116. The van der Waals surface area contributed by atoms with E-state index >= 15 is 0 Å². The predicted octanol–water partition coefficient (Wildman–Crippen LogP) is 0.942. The number of sulfonamides is 1. The average molecular weight is 283 g/mol. The normalized spacial score (nSPS) is 27.4. The molecule has 0 amide bonds. The Bertz CT molecular complexity index is 497. The third-order valence-corrected chi connectivity index (χ3v) is 5.86. The van der Waals surface area contributed by atoms with Crippen LogP contribution in [-0.4, -0.2) is 41.5 Å². The summed E-state index contributed by atoms with van der Waals surface area (Å²) in [4.78, 5) is 3.71. The number of hydrogen-bond donors (Lipinski definition) is 1. The van der Waals surface area contributed by atoms with Crippen LogP contribution in [0.4, 0.5) is 0 Å². The summed E-state index contributed by atoms with van der Waals surface area (Å²) in [6.45, 7) is 2.07. The standard InChI is InChI=1S/C8H11ClN2O3S2/c1-8(12)2-3-11(5-8)16(13,14)6-4-10-7(9)15-6/h4,12H,2-3,5H2,1H3. The number of hydrogen-bond acceptors (Lipinski definition) is 5. The number of nitrogens with zero attached hydrogens (tertiary/aromatic N) is 2. The Hall–Kier alpha value is -0.210. The maximum Gasteiger partial charge on any atom is 0.254 e. The van der Waals surface area contributed by atoms with Gasteiger partial charge in [0.1, 0.15) is 0 Å². The molecule has 90 valence electrons. The van der Waals surface area contributed by atoms with Crippen molar-refractivity contribution >= 4 is 33.0 Å². The van der Waals surface area contributed by atoms with E-state index in [1.54, 1.807) is 6.92 Å². The SMILES string of the molecule is CC1(O)CCN(S(=O)(=O)c2cnc(Cl)s2)C1. The van der Waals surface area contributed by atoms with Crippen LogP contribution in [0.2, 0.25) is 4.47 Å². The van der Waals surface area contributed by atoms with Gasteiger partial charge in [0.05, 0.1) is 11.8 Å². The van der Waals surface area contributed by atoms with E-state index in [0.717, 1.165) is 11.3 Å². The second-order valence-electron chi connectivity index (χ2n) is 4.02. The summed E-state index contributed by atoms with van der Waals surface area (Å²) in [5.41, 5.74) is -0.943. The van der Waals surface area contributed by atoms with Crippen LogP contribution < -0.4 is 0 Å². The fraction of sp³-hybridized carbons (Fsp3) is 0.625. The van der Waals surface area contributed by atoms with Crippen LogP contribution in [0.5, 0.6) is 0 Å². The number of rotatable bonds is 2. The molecule has 1 aromatic heterocycles. The molecule has 1 fully saturated rings. The molecule has 0 aromatic carbocycles. The molecule has 1 aromatic rings. The molecule has 1 saturated heterocycles. The van der Waals surface area contributed by atoms with Crippen molar-refractivity contribution in [1.82, 2.24) is 9.29 Å². The fourth-order valence-electron chi connectivity index (χ4n) is 1.59. The van der Waals surface area contributed by atoms with E-state index in [9.17, 15) is 13.5 Å². The first-order valence-corrected chi connectivity index (χ1v) is 7.29. The molecule has 16 heavy (non-hydrogen) atoms. The van der Waals surface area contributed by atoms with Crippen LogP contribution in [0.25, 0.3) is 0 Å². The van der Waals surface area contributed by atoms with Gasteiger partial charge in [-0.1, -0.05) is 22.9 Å². The third-order valence-electron chi connectivity index (χ3n) is 2.47. The highest BCUT2D eigenvalue weighted by Gasteiger charge is 2.39. The van der Waals surface area contributed by atoms with Gasteiger partial charge in [0.15, 0.2) is 8.68 Å². The number of thiazole rings is 1. The maximum absolute atomic E-state index is 12.1. The van der Waals surface area contributed by atoms with Crippen molar-refractivity contribution in [3.8, 4) is 0 Å². The first-order chi connectivity index (χ1) is 7.31. The quantitative estimate of drug-likeness (QED) is 0.876. The first kappa shape index (κ1) is 12.3. The van der Waals surface area contributed by atoms with E-state index in [0.29, 0.717) is 13.0 Å². The molecule has 0 bridgehead atoms. The Morgan fingerprint density at radius 2 is 2.38 bits per heavy atom. The molecular weight excluding hydrogens is 272 g/mol. The summed E-state index contributed by atoms with van der Waals surface area (Å²) in [5.74, 6) is 0. The van der Waals surface area contributed by atoms with Crippen LogP contribution in [0.1, 0.15) is 13.3 Å². The molecule has 0 spiro atoms. The molecule has 5 nitrogen and oxygen atoms in total. The lowest BCUT2D eigenvalue weighted by Gasteiger charge is -2.17. The molecule has 1 aliphatic heterocycles. The number of aromatic nitrogens is 1. The van der Waals surface area contributed by atoms with Crippen LogP contribution in [0.3, 0.4) is 0 Å². The Morgan fingerprint density at radius 1 is 1.69 bits per heavy atom. The van der Waals surface area contributed by atoms with Crippen molar-refractivity contribution in [2.24, 2.45) is 0 Å². The van der Waals surface area contributed by atoms with E-state index in [1.165, 1.54) is 10.5 Å². The molecule has 8 heteroatoms. The Morgan fingerprint density at radius 3 is 2.81 bits per heavy atom. The summed E-state index contributed by atoms with van der Waals surface area (Å²) in [7, 11) is -3.54. The maximum atomic E-state index is 12.1. The van der Waals surface area contributed by atoms with Gasteiger partial charge in [-0.2, -0.15) is 4.31 Å². The molecular formula is C8H11ClN2O3S2. The smallest absolute Gasteiger partial charge is 0.254 e. The third kappa shape index (κ3) is 2.23. The van der Waals surface area contributed by atoms with Crippen LogP contribution in [-0.2, 0) is 10.0 Å². The van der Waals surface area contributed by atoms with E-state index in [4.69, 9.17) is 11.6 Å². The van der Waals surface area contributed by atoms with Crippen molar-refractivity contribution in [3.63, 3.8) is 0 Å². The monoisotopic (exact) mass is 282 g/mol. The molecule has 1 unspecified atom stereocenters. The van der Waals surface area contributed by atoms with Crippen LogP contribution in [0.15, 0.2) is 10.4 Å². The van der Waals surface area contributed by atoms with Gasteiger partial charge >= 0.3 is 0 Å². The summed E-state index contributed by atoms with van der Waals surface area (Å²) in [6, 6.07) is 0. The van der Waals surface area contributed by atoms with Gasteiger partial charge in [-0.15, -0.1) is 0 Å². The predicted molar refractivity (Wildman–Crippen MR) is 61.1 cm³/mol. The second-order valence-corrected chi connectivity index (χ2v) is 7.80. The average Bonchev–Trinajstić information content (AvgIpc) is 2.72. The van der Waals surface area contributed by atoms with Crippen molar-refractivity contribution in [2.75, 3.05) is 13.1 Å². The van der Waals surface area contributed by atoms with Gasteiger partial charge < -0.3 is 5.11 Å². The molecule has 0 aliphatic carbocycles. The zero-order chi connectivity index (χ0) is 12.0. The van der Waals surface area contributed by atoms with Gasteiger partial charge in [0, 0.05) is 13.1 Å². The minimum Gasteiger partial charge on any atom is -0.389 e. The van der Waals surface area contributed by atoms with Gasteiger partial charge in [-0.25, -0.2) is 13.4 Å². The number of aliphatic hydroxyl groups is 1. The van der Waals surface area contributed by atoms with Gasteiger partial charge in [0.2, 0.25) is 0 Å². The zero-order valence-electron chi connectivity index (χ0n) is 8.55. The van der Waals surface area contributed by atoms with Gasteiger partial charge in [-0.3, -0.25) is 0 Å². The highest BCUT2D eigenvalue weighted by atomic mass is 35.5. The lowest BCUT2D eigenvalue weighted by Crippen LogP contribution is -2.33. The van der Waals surface area contributed by atoms with Crippen LogP contribution >= 0.6 is 22.9 Å². The summed E-state index contributed by atoms with van der Waals surface area (Å²) in [5, 5.41) is 9.74. The van der Waals surface area contributed by atoms with Gasteiger partial charge in [-0.05, 0) is 13.3 Å². The lowest BCUT2D eigenvalue weighted by atomic mass is 10.1. The number of β-amino-alcohol motifs (C(OH)–C–C–N with tert-alkyl or cyclic N) is 1. The molecule has 1 atom stereocenters. The first-order valence-electron chi connectivity index (χ1n) is 4.65. The van der Waals surface area contributed by atoms with E-state index in [2.05, 4.69) is 4.98 Å². The molecule has 0 radical (unpaired) electrons. The minimum atomic E-state index is -3.54. The lowest BCUT2D eigenvalue weighted by molar-refractivity contribution is 0.0762. The molecule has 1 N–H and O–H groups in total. The molecule has 1 aliphatic rings. The van der Waals surface area contributed by atoms with Gasteiger partial charge in [0.25, 0.3) is 10.0 Å². The second kappa shape index (κ2) is 3.92. The van der Waals surface area contributed by atoms with E-state index in [1.807, 2.05) is 0 Å². The topological polar surface area (TPSA) is 70.5 Å².